The van der Waals surface area contributed by atoms with Gasteiger partial charge in [-0.25, -0.2) is 4.98 Å². The first-order chi connectivity index (χ1) is 13.7. The summed E-state index contributed by atoms with van der Waals surface area (Å²) in [6, 6.07) is 7.88. The Balaban J connectivity index is 1.56. The van der Waals surface area contributed by atoms with E-state index < -0.39 is 0 Å². The van der Waals surface area contributed by atoms with E-state index in [2.05, 4.69) is 0 Å². The van der Waals surface area contributed by atoms with E-state index in [9.17, 15) is 4.79 Å². The summed E-state index contributed by atoms with van der Waals surface area (Å²) in [6.45, 7) is 1.41. The average molecular weight is 401 g/mol. The van der Waals surface area contributed by atoms with Crippen molar-refractivity contribution in [2.75, 3.05) is 25.2 Å². The largest absolute Gasteiger partial charge is 0.497 e. The molecule has 1 atom stereocenters. The Hall–Kier alpha value is -1.92. The molecule has 2 heterocycles. The van der Waals surface area contributed by atoms with E-state index in [0.717, 1.165) is 67.3 Å². The van der Waals surface area contributed by atoms with Gasteiger partial charge in [-0.2, -0.15) is 0 Å². The molecule has 0 bridgehead atoms. The number of thiazole rings is 1. The van der Waals surface area contributed by atoms with Crippen LogP contribution < -0.4 is 9.64 Å². The van der Waals surface area contributed by atoms with E-state index in [1.807, 2.05) is 34.5 Å². The van der Waals surface area contributed by atoms with Crippen LogP contribution in [0.2, 0.25) is 0 Å². The summed E-state index contributed by atoms with van der Waals surface area (Å²) in [4.78, 5) is 20.1. The Morgan fingerprint density at radius 2 is 1.96 bits per heavy atom. The first-order valence-corrected chi connectivity index (χ1v) is 11.2. The number of rotatable bonds is 6. The first kappa shape index (κ1) is 19.4. The van der Waals surface area contributed by atoms with E-state index >= 15 is 0 Å². The van der Waals surface area contributed by atoms with Crippen LogP contribution in [0.25, 0.3) is 11.3 Å². The Morgan fingerprint density at radius 3 is 2.64 bits per heavy atom. The third kappa shape index (κ3) is 4.39. The van der Waals surface area contributed by atoms with Crippen LogP contribution in [0.15, 0.2) is 29.6 Å². The predicted octanol–water partition coefficient (Wildman–Crippen LogP) is 4.91. The van der Waals surface area contributed by atoms with Crippen LogP contribution in [0.4, 0.5) is 5.13 Å². The minimum absolute atomic E-state index is 0.126. The summed E-state index contributed by atoms with van der Waals surface area (Å²) in [5.41, 5.74) is 1.93. The number of carbonyl (C=O) groups excluding carboxylic acids is 1. The highest BCUT2D eigenvalue weighted by Gasteiger charge is 2.31. The third-order valence-corrected chi connectivity index (χ3v) is 6.60. The summed E-state index contributed by atoms with van der Waals surface area (Å²) in [6.07, 6.45) is 7.76. The molecule has 2 aliphatic rings. The van der Waals surface area contributed by atoms with Gasteiger partial charge in [-0.3, -0.25) is 9.69 Å². The molecule has 0 spiro atoms. The predicted molar refractivity (Wildman–Crippen MR) is 112 cm³/mol. The quantitative estimate of drug-likeness (QED) is 0.691. The van der Waals surface area contributed by atoms with Crippen LogP contribution in [0.1, 0.15) is 44.9 Å². The van der Waals surface area contributed by atoms with Gasteiger partial charge in [-0.1, -0.05) is 19.3 Å². The number of benzene rings is 1. The second-order valence-electron chi connectivity index (χ2n) is 7.66. The molecule has 2 aromatic rings. The van der Waals surface area contributed by atoms with Crippen molar-refractivity contribution in [1.29, 1.82) is 0 Å². The van der Waals surface area contributed by atoms with Gasteiger partial charge in [0.05, 0.1) is 25.5 Å². The summed E-state index contributed by atoms with van der Waals surface area (Å²) >= 11 is 1.55. The molecule has 5 nitrogen and oxygen atoms in total. The second kappa shape index (κ2) is 9.05. The Kier molecular flexibility index (Phi) is 6.27. The molecule has 0 N–H and O–H groups in total. The summed E-state index contributed by atoms with van der Waals surface area (Å²) in [7, 11) is 1.66. The van der Waals surface area contributed by atoms with Crippen molar-refractivity contribution in [2.45, 2.75) is 51.0 Å². The molecule has 28 heavy (non-hydrogen) atoms. The highest BCUT2D eigenvalue weighted by Crippen LogP contribution is 2.33. The molecule has 1 unspecified atom stereocenters. The lowest BCUT2D eigenvalue weighted by Crippen LogP contribution is -2.41. The number of hydrogen-bond acceptors (Lipinski definition) is 5. The normalized spacial score (nSPS) is 20.2. The smallest absolute Gasteiger partial charge is 0.231 e. The van der Waals surface area contributed by atoms with Crippen molar-refractivity contribution in [2.24, 2.45) is 5.92 Å². The standard InChI is InChI=1S/C22H28N2O3S/c1-26-18-11-9-16(10-12-18)20-15-28-22(23-20)24(14-19-8-5-13-27-19)21(25)17-6-3-2-4-7-17/h9-12,15,17,19H,2-8,13-14H2,1H3. The number of amides is 1. The van der Waals surface area contributed by atoms with Gasteiger partial charge in [0.2, 0.25) is 5.91 Å². The molecule has 1 amide bonds. The van der Waals surface area contributed by atoms with Crippen molar-refractivity contribution < 1.29 is 14.3 Å². The van der Waals surface area contributed by atoms with Crippen molar-refractivity contribution in [3.63, 3.8) is 0 Å². The molecule has 1 aromatic carbocycles. The molecule has 150 valence electrons. The van der Waals surface area contributed by atoms with E-state index in [-0.39, 0.29) is 17.9 Å². The fourth-order valence-corrected chi connectivity index (χ4v) is 4.96. The molecule has 1 aliphatic heterocycles. The van der Waals surface area contributed by atoms with Crippen molar-refractivity contribution in [1.82, 2.24) is 4.98 Å². The number of anilines is 1. The molecule has 1 aromatic heterocycles. The fraction of sp³-hybridized carbons (Fsp3) is 0.545. The molecule has 4 rings (SSSR count). The SMILES string of the molecule is COc1ccc(-c2csc(N(CC3CCCO3)C(=O)C3CCCCC3)n2)cc1. The van der Waals surface area contributed by atoms with Gasteiger partial charge in [0.1, 0.15) is 5.75 Å². The van der Waals surface area contributed by atoms with Crippen LogP contribution in [0.5, 0.6) is 5.75 Å². The number of nitrogens with zero attached hydrogens (tertiary/aromatic N) is 2. The van der Waals surface area contributed by atoms with Crippen molar-refractivity contribution in [3.8, 4) is 17.0 Å². The van der Waals surface area contributed by atoms with Gasteiger partial charge in [0, 0.05) is 23.5 Å². The first-order valence-electron chi connectivity index (χ1n) is 10.3. The van der Waals surface area contributed by atoms with E-state index in [4.69, 9.17) is 14.5 Å². The molecule has 1 saturated heterocycles. The lowest BCUT2D eigenvalue weighted by molar-refractivity contribution is -0.123. The number of hydrogen-bond donors (Lipinski definition) is 0. The Labute approximate surface area is 170 Å². The summed E-state index contributed by atoms with van der Waals surface area (Å²) < 4.78 is 11.1. The van der Waals surface area contributed by atoms with Gasteiger partial charge in [0.15, 0.2) is 5.13 Å². The molecule has 1 saturated carbocycles. The molecule has 1 aliphatic carbocycles. The summed E-state index contributed by atoms with van der Waals surface area (Å²) in [5.74, 6) is 1.18. The van der Waals surface area contributed by atoms with Crippen LogP contribution in [0.3, 0.4) is 0 Å². The number of ether oxygens (including phenoxy) is 2. The molecule has 2 fully saturated rings. The maximum absolute atomic E-state index is 13.3. The zero-order valence-electron chi connectivity index (χ0n) is 16.4. The maximum Gasteiger partial charge on any atom is 0.231 e. The highest BCUT2D eigenvalue weighted by atomic mass is 32.1. The van der Waals surface area contributed by atoms with Crippen molar-refractivity contribution in [3.05, 3.63) is 29.6 Å². The molecule has 6 heteroatoms. The Morgan fingerprint density at radius 1 is 1.18 bits per heavy atom. The van der Waals surface area contributed by atoms with Crippen LogP contribution >= 0.6 is 11.3 Å². The lowest BCUT2D eigenvalue weighted by atomic mass is 9.88. The van der Waals surface area contributed by atoms with E-state index in [0.29, 0.717) is 6.54 Å². The van der Waals surface area contributed by atoms with Crippen LogP contribution in [-0.2, 0) is 9.53 Å². The molecular weight excluding hydrogens is 372 g/mol. The van der Waals surface area contributed by atoms with Crippen LogP contribution in [0, 0.1) is 5.92 Å². The van der Waals surface area contributed by atoms with E-state index in [1.165, 1.54) is 6.42 Å². The third-order valence-electron chi connectivity index (χ3n) is 5.74. The van der Waals surface area contributed by atoms with Gasteiger partial charge in [-0.15, -0.1) is 11.3 Å². The second-order valence-corrected chi connectivity index (χ2v) is 8.50. The highest BCUT2D eigenvalue weighted by molar-refractivity contribution is 7.14. The average Bonchev–Trinajstić information content (AvgIpc) is 3.44. The zero-order chi connectivity index (χ0) is 19.3. The molecular formula is C22H28N2O3S. The monoisotopic (exact) mass is 400 g/mol. The fourth-order valence-electron chi connectivity index (χ4n) is 4.11. The maximum atomic E-state index is 13.3. The number of methoxy groups -OCH3 is 1. The minimum Gasteiger partial charge on any atom is -0.497 e. The minimum atomic E-state index is 0.126. The Bertz CT molecular complexity index is 777. The number of aromatic nitrogens is 1. The molecule has 0 radical (unpaired) electrons. The zero-order valence-corrected chi connectivity index (χ0v) is 17.2. The van der Waals surface area contributed by atoms with Gasteiger partial charge in [-0.05, 0) is 49.9 Å². The van der Waals surface area contributed by atoms with Crippen molar-refractivity contribution >= 4 is 22.4 Å². The summed E-state index contributed by atoms with van der Waals surface area (Å²) in [5, 5.41) is 2.82. The van der Waals surface area contributed by atoms with Gasteiger partial charge < -0.3 is 9.47 Å². The van der Waals surface area contributed by atoms with E-state index in [1.54, 1.807) is 18.4 Å². The lowest BCUT2D eigenvalue weighted by Gasteiger charge is -2.29. The number of carbonyl (C=O) groups is 1. The van der Waals surface area contributed by atoms with Gasteiger partial charge in [0.25, 0.3) is 0 Å². The topological polar surface area (TPSA) is 51.7 Å². The van der Waals surface area contributed by atoms with Gasteiger partial charge >= 0.3 is 0 Å². The van der Waals surface area contributed by atoms with Crippen LogP contribution in [-0.4, -0.2) is 37.3 Å².